The van der Waals surface area contributed by atoms with Crippen LogP contribution in [0.1, 0.15) is 32.8 Å². The molecule has 0 spiro atoms. The molecule has 120 valence electrons. The van der Waals surface area contributed by atoms with E-state index in [9.17, 15) is 4.79 Å². The maximum Gasteiger partial charge on any atom is 0.241 e. The highest BCUT2D eigenvalue weighted by atomic mass is 32.2. The van der Waals surface area contributed by atoms with Crippen molar-refractivity contribution in [3.8, 4) is 6.07 Å². The Morgan fingerprint density at radius 2 is 2.26 bits per heavy atom. The van der Waals surface area contributed by atoms with Crippen molar-refractivity contribution in [2.75, 3.05) is 11.4 Å². The van der Waals surface area contributed by atoms with Crippen molar-refractivity contribution in [3.63, 3.8) is 0 Å². The minimum Gasteiger partial charge on any atom is -0.303 e. The average Bonchev–Trinajstić information content (AvgIpc) is 3.19. The first-order valence-electron chi connectivity index (χ1n) is 7.28. The summed E-state index contributed by atoms with van der Waals surface area (Å²) in [7, 11) is 0. The zero-order chi connectivity index (χ0) is 16.6. The van der Waals surface area contributed by atoms with E-state index in [1.807, 2.05) is 9.95 Å². The van der Waals surface area contributed by atoms with Crippen molar-refractivity contribution in [1.29, 1.82) is 5.26 Å². The molecule has 8 heteroatoms. The van der Waals surface area contributed by atoms with Gasteiger partial charge in [0.2, 0.25) is 5.91 Å². The molecule has 0 aliphatic carbocycles. The third kappa shape index (κ3) is 2.99. The van der Waals surface area contributed by atoms with E-state index in [4.69, 9.17) is 5.26 Å². The largest absolute Gasteiger partial charge is 0.303 e. The fraction of sp³-hybridized carbons (Fsp3) is 0.467. The van der Waals surface area contributed by atoms with Crippen LogP contribution in [0.2, 0.25) is 0 Å². The molecule has 3 heterocycles. The standard InChI is InChI=1S/C15H17N5OS2/c1-15(2,3)20-9-17-18-14(20)23-11-4-6-19(12(11)21)13-10(8-16)5-7-22-13/h5,7,9,11H,4,6H2,1-3H3/t11-/m0/s1. The molecule has 2 aromatic rings. The van der Waals surface area contributed by atoms with Crippen LogP contribution in [0.4, 0.5) is 5.00 Å². The average molecular weight is 347 g/mol. The molecule has 23 heavy (non-hydrogen) atoms. The predicted molar refractivity (Wildman–Crippen MR) is 90.7 cm³/mol. The molecule has 1 amide bonds. The van der Waals surface area contributed by atoms with Gasteiger partial charge in [-0.25, -0.2) is 0 Å². The number of nitriles is 1. The van der Waals surface area contributed by atoms with Crippen LogP contribution in [0.15, 0.2) is 22.9 Å². The highest BCUT2D eigenvalue weighted by Crippen LogP contribution is 2.36. The van der Waals surface area contributed by atoms with Gasteiger partial charge in [0.05, 0.1) is 10.8 Å². The summed E-state index contributed by atoms with van der Waals surface area (Å²) in [6.45, 7) is 6.87. The monoisotopic (exact) mass is 347 g/mol. The lowest BCUT2D eigenvalue weighted by Gasteiger charge is -2.22. The zero-order valence-electron chi connectivity index (χ0n) is 13.2. The van der Waals surface area contributed by atoms with Gasteiger partial charge in [0.15, 0.2) is 5.16 Å². The van der Waals surface area contributed by atoms with Gasteiger partial charge in [-0.3, -0.25) is 4.79 Å². The maximum atomic E-state index is 12.7. The van der Waals surface area contributed by atoms with Crippen LogP contribution < -0.4 is 4.90 Å². The topological polar surface area (TPSA) is 74.8 Å². The Morgan fingerprint density at radius 3 is 2.96 bits per heavy atom. The Labute approximate surface area is 143 Å². The molecule has 0 radical (unpaired) electrons. The number of rotatable bonds is 3. The molecule has 1 atom stereocenters. The van der Waals surface area contributed by atoms with E-state index in [1.165, 1.54) is 23.1 Å². The van der Waals surface area contributed by atoms with E-state index in [0.717, 1.165) is 16.6 Å². The van der Waals surface area contributed by atoms with Gasteiger partial charge in [-0.05, 0) is 38.6 Å². The van der Waals surface area contributed by atoms with Crippen LogP contribution in [0.5, 0.6) is 0 Å². The summed E-state index contributed by atoms with van der Waals surface area (Å²) in [4.78, 5) is 14.4. The molecule has 1 aliphatic rings. The highest BCUT2D eigenvalue weighted by molar-refractivity contribution is 8.00. The first kappa shape index (κ1) is 16.0. The number of thioether (sulfide) groups is 1. The minimum absolute atomic E-state index is 0.0393. The molecular formula is C15H17N5OS2. The zero-order valence-corrected chi connectivity index (χ0v) is 14.8. The van der Waals surface area contributed by atoms with Crippen LogP contribution in [0.25, 0.3) is 0 Å². The smallest absolute Gasteiger partial charge is 0.241 e. The molecular weight excluding hydrogens is 330 g/mol. The van der Waals surface area contributed by atoms with Gasteiger partial charge in [0, 0.05) is 12.1 Å². The number of carbonyl (C=O) groups excluding carboxylic acids is 1. The SMILES string of the molecule is CC(C)(C)n1cnnc1S[C@H]1CCN(c2sccc2C#N)C1=O. The van der Waals surface area contributed by atoms with Crippen molar-refractivity contribution >= 4 is 34.0 Å². The Morgan fingerprint density at radius 1 is 1.48 bits per heavy atom. The molecule has 0 bridgehead atoms. The number of carbonyl (C=O) groups is 1. The number of thiophene rings is 1. The van der Waals surface area contributed by atoms with E-state index in [0.29, 0.717) is 12.1 Å². The van der Waals surface area contributed by atoms with Crippen LogP contribution >= 0.6 is 23.1 Å². The van der Waals surface area contributed by atoms with Gasteiger partial charge in [-0.15, -0.1) is 21.5 Å². The van der Waals surface area contributed by atoms with Gasteiger partial charge in [0.25, 0.3) is 0 Å². The lowest BCUT2D eigenvalue weighted by Crippen LogP contribution is -2.28. The Kier molecular flexibility index (Phi) is 4.17. The van der Waals surface area contributed by atoms with Gasteiger partial charge in [-0.2, -0.15) is 5.26 Å². The molecule has 1 fully saturated rings. The van der Waals surface area contributed by atoms with Gasteiger partial charge in [-0.1, -0.05) is 11.8 Å². The number of aromatic nitrogens is 3. The molecule has 2 aromatic heterocycles. The van der Waals surface area contributed by atoms with E-state index in [-0.39, 0.29) is 16.7 Å². The molecule has 0 unspecified atom stereocenters. The lowest BCUT2D eigenvalue weighted by molar-refractivity contribution is -0.116. The third-order valence-corrected chi connectivity index (χ3v) is 5.80. The Balaban J connectivity index is 1.79. The van der Waals surface area contributed by atoms with Gasteiger partial charge < -0.3 is 9.47 Å². The van der Waals surface area contributed by atoms with Crippen molar-refractivity contribution < 1.29 is 4.79 Å². The Hall–Kier alpha value is -1.85. The van der Waals surface area contributed by atoms with E-state index in [2.05, 4.69) is 37.0 Å². The summed E-state index contributed by atoms with van der Waals surface area (Å²) in [6.07, 6.45) is 2.44. The quantitative estimate of drug-likeness (QED) is 0.853. The summed E-state index contributed by atoms with van der Waals surface area (Å²) in [5.41, 5.74) is 0.432. The number of anilines is 1. The van der Waals surface area contributed by atoms with Gasteiger partial charge >= 0.3 is 0 Å². The second-order valence-electron chi connectivity index (χ2n) is 6.29. The molecule has 0 N–H and O–H groups in total. The van der Waals surface area contributed by atoms with Gasteiger partial charge in [0.1, 0.15) is 17.4 Å². The van der Waals surface area contributed by atoms with E-state index in [1.54, 1.807) is 17.3 Å². The third-order valence-electron chi connectivity index (χ3n) is 3.65. The number of hydrogen-bond donors (Lipinski definition) is 0. The van der Waals surface area contributed by atoms with Crippen molar-refractivity contribution in [3.05, 3.63) is 23.3 Å². The molecule has 3 rings (SSSR count). The fourth-order valence-corrected chi connectivity index (χ4v) is 4.57. The number of nitrogens with zero attached hydrogens (tertiary/aromatic N) is 5. The highest BCUT2D eigenvalue weighted by Gasteiger charge is 2.36. The summed E-state index contributed by atoms with van der Waals surface area (Å²) < 4.78 is 1.99. The van der Waals surface area contributed by atoms with Crippen molar-refractivity contribution in [1.82, 2.24) is 14.8 Å². The molecule has 1 saturated heterocycles. The molecule has 6 nitrogen and oxygen atoms in total. The van der Waals surface area contributed by atoms with Crippen molar-refractivity contribution in [2.24, 2.45) is 0 Å². The summed E-state index contributed by atoms with van der Waals surface area (Å²) in [5.74, 6) is 0.0393. The minimum atomic E-state index is -0.186. The maximum absolute atomic E-state index is 12.7. The summed E-state index contributed by atoms with van der Waals surface area (Å²) in [5, 5.41) is 20.4. The number of hydrogen-bond acceptors (Lipinski definition) is 6. The van der Waals surface area contributed by atoms with Crippen LogP contribution in [-0.4, -0.2) is 32.5 Å². The molecule has 0 aromatic carbocycles. The Bertz CT molecular complexity index is 767. The van der Waals surface area contributed by atoms with Crippen LogP contribution in [0.3, 0.4) is 0 Å². The second kappa shape index (κ2) is 5.98. The van der Waals surface area contributed by atoms with E-state index < -0.39 is 0 Å². The second-order valence-corrected chi connectivity index (χ2v) is 8.36. The predicted octanol–water partition coefficient (Wildman–Crippen LogP) is 2.86. The van der Waals surface area contributed by atoms with Crippen LogP contribution in [0, 0.1) is 11.3 Å². The molecule has 1 aliphatic heterocycles. The first-order valence-corrected chi connectivity index (χ1v) is 9.04. The van der Waals surface area contributed by atoms with Crippen molar-refractivity contribution in [2.45, 2.75) is 43.1 Å². The number of amides is 1. The normalized spacial score (nSPS) is 18.4. The van der Waals surface area contributed by atoms with E-state index >= 15 is 0 Å². The lowest BCUT2D eigenvalue weighted by atomic mass is 10.1. The van der Waals surface area contributed by atoms with Crippen LogP contribution in [-0.2, 0) is 10.3 Å². The summed E-state index contributed by atoms with van der Waals surface area (Å²) >= 11 is 2.89. The summed E-state index contributed by atoms with van der Waals surface area (Å²) in [6, 6.07) is 3.90. The first-order chi connectivity index (χ1) is 10.9. The molecule has 0 saturated carbocycles. The fourth-order valence-electron chi connectivity index (χ4n) is 2.45.